The van der Waals surface area contributed by atoms with E-state index >= 15 is 0 Å². The molecule has 5 rings (SSSR count). The summed E-state index contributed by atoms with van der Waals surface area (Å²) in [6.45, 7) is 1.65. The van der Waals surface area contributed by atoms with E-state index in [1.165, 1.54) is 6.07 Å². The number of nitrogens with one attached hydrogen (secondary N) is 1. The minimum absolute atomic E-state index is 0.0743. The lowest BCUT2D eigenvalue weighted by atomic mass is 9.91. The first-order valence-electron chi connectivity index (χ1n) is 11.0. The fraction of sp³-hybridized carbons (Fsp3) is 0.0345. The van der Waals surface area contributed by atoms with Gasteiger partial charge in [-0.25, -0.2) is 4.90 Å². The van der Waals surface area contributed by atoms with Gasteiger partial charge in [-0.15, -0.1) is 0 Å². The van der Waals surface area contributed by atoms with Crippen LogP contribution in [0.3, 0.4) is 0 Å². The highest BCUT2D eigenvalue weighted by Crippen LogP contribution is 2.37. The van der Waals surface area contributed by atoms with Gasteiger partial charge < -0.3 is 5.32 Å². The SMILES string of the molecule is Cc1c(C(=O)c2ccccc2)cc(NC(=O)c2ccccc2)c2c1C(=O)N(c1ccccc1)C2=O. The third-order valence-electron chi connectivity index (χ3n) is 6.00. The van der Waals surface area contributed by atoms with Crippen LogP contribution in [0.1, 0.15) is 52.6 Å². The second-order valence-electron chi connectivity index (χ2n) is 8.14. The number of imide groups is 1. The van der Waals surface area contributed by atoms with Gasteiger partial charge in [-0.05, 0) is 42.8 Å². The Bertz CT molecular complexity index is 1480. The third-order valence-corrected chi connectivity index (χ3v) is 6.00. The number of carbonyl (C=O) groups is 4. The van der Waals surface area contributed by atoms with Crippen LogP contribution in [0.5, 0.6) is 0 Å². The molecular weight excluding hydrogens is 440 g/mol. The molecule has 1 N–H and O–H groups in total. The summed E-state index contributed by atoms with van der Waals surface area (Å²) >= 11 is 0. The molecule has 1 aliphatic rings. The maximum Gasteiger partial charge on any atom is 0.268 e. The molecule has 0 atom stereocenters. The highest BCUT2D eigenvalue weighted by molar-refractivity contribution is 6.37. The highest BCUT2D eigenvalue weighted by atomic mass is 16.2. The zero-order chi connectivity index (χ0) is 24.5. The maximum atomic E-state index is 13.5. The Morgan fingerprint density at radius 2 is 1.20 bits per heavy atom. The average molecular weight is 460 g/mol. The third kappa shape index (κ3) is 3.81. The molecule has 0 saturated heterocycles. The minimum Gasteiger partial charge on any atom is -0.321 e. The van der Waals surface area contributed by atoms with Crippen molar-refractivity contribution >= 4 is 34.9 Å². The number of nitrogens with zero attached hydrogens (tertiary/aromatic N) is 1. The molecule has 0 saturated carbocycles. The summed E-state index contributed by atoms with van der Waals surface area (Å²) in [6.07, 6.45) is 0. The molecule has 4 aromatic rings. The molecule has 170 valence electrons. The molecule has 0 aromatic heterocycles. The molecular formula is C29H20N2O4. The van der Waals surface area contributed by atoms with Crippen molar-refractivity contribution in [3.05, 3.63) is 130 Å². The monoisotopic (exact) mass is 460 g/mol. The van der Waals surface area contributed by atoms with Gasteiger partial charge in [-0.3, -0.25) is 19.2 Å². The Kier molecular flexibility index (Phi) is 5.55. The fourth-order valence-corrected chi connectivity index (χ4v) is 4.26. The van der Waals surface area contributed by atoms with Crippen LogP contribution in [0.2, 0.25) is 0 Å². The van der Waals surface area contributed by atoms with E-state index in [-0.39, 0.29) is 28.2 Å². The number of ketones is 1. The summed E-state index contributed by atoms with van der Waals surface area (Å²) in [5.41, 5.74) is 2.18. The Morgan fingerprint density at radius 3 is 1.80 bits per heavy atom. The number of hydrogen-bond donors (Lipinski definition) is 1. The fourth-order valence-electron chi connectivity index (χ4n) is 4.26. The standard InChI is InChI=1S/C29H20N2O4/c1-18-22(26(32)19-11-5-2-6-12-19)17-23(30-27(33)20-13-7-3-8-14-20)25-24(18)28(34)31(29(25)35)21-15-9-4-10-16-21/h2-17H,1H3,(H,30,33). The largest absolute Gasteiger partial charge is 0.321 e. The van der Waals surface area contributed by atoms with Crippen LogP contribution in [0.15, 0.2) is 97.1 Å². The smallest absolute Gasteiger partial charge is 0.268 e. The number of rotatable bonds is 5. The van der Waals surface area contributed by atoms with Crippen molar-refractivity contribution in [2.24, 2.45) is 0 Å². The predicted octanol–water partition coefficient (Wildman–Crippen LogP) is 5.28. The van der Waals surface area contributed by atoms with E-state index < -0.39 is 17.7 Å². The molecule has 0 radical (unpaired) electrons. The van der Waals surface area contributed by atoms with Crippen molar-refractivity contribution in [3.8, 4) is 0 Å². The van der Waals surface area contributed by atoms with Crippen molar-refractivity contribution in [3.63, 3.8) is 0 Å². The first-order chi connectivity index (χ1) is 17.0. The van der Waals surface area contributed by atoms with Crippen LogP contribution >= 0.6 is 0 Å². The molecule has 1 heterocycles. The quantitative estimate of drug-likeness (QED) is 0.325. The van der Waals surface area contributed by atoms with E-state index in [1.54, 1.807) is 97.9 Å². The zero-order valence-corrected chi connectivity index (χ0v) is 18.8. The van der Waals surface area contributed by atoms with Gasteiger partial charge in [-0.2, -0.15) is 0 Å². The molecule has 0 unspecified atom stereocenters. The lowest BCUT2D eigenvalue weighted by Gasteiger charge is -2.14. The number of amides is 3. The first-order valence-corrected chi connectivity index (χ1v) is 11.0. The highest BCUT2D eigenvalue weighted by Gasteiger charge is 2.41. The number of carbonyl (C=O) groups excluding carboxylic acids is 4. The molecule has 0 aliphatic carbocycles. The molecule has 0 fully saturated rings. The second kappa shape index (κ2) is 8.83. The Morgan fingerprint density at radius 1 is 0.686 bits per heavy atom. The van der Waals surface area contributed by atoms with Crippen LogP contribution in [0.4, 0.5) is 11.4 Å². The van der Waals surface area contributed by atoms with E-state index in [2.05, 4.69) is 5.32 Å². The summed E-state index contributed by atoms with van der Waals surface area (Å²) in [5, 5.41) is 2.76. The van der Waals surface area contributed by atoms with E-state index in [0.29, 0.717) is 22.4 Å². The average Bonchev–Trinajstić information content (AvgIpc) is 3.17. The van der Waals surface area contributed by atoms with Crippen LogP contribution in [-0.2, 0) is 0 Å². The number of para-hydroxylation sites is 1. The van der Waals surface area contributed by atoms with E-state index in [0.717, 1.165) is 4.90 Å². The van der Waals surface area contributed by atoms with Gasteiger partial charge in [0.2, 0.25) is 0 Å². The number of fused-ring (bicyclic) bond motifs is 1. The van der Waals surface area contributed by atoms with Gasteiger partial charge in [0.25, 0.3) is 17.7 Å². The number of benzene rings is 4. The molecule has 0 spiro atoms. The summed E-state index contributed by atoms with van der Waals surface area (Å²) in [4.78, 5) is 54.5. The normalized spacial score (nSPS) is 12.4. The summed E-state index contributed by atoms with van der Waals surface area (Å²) < 4.78 is 0. The number of anilines is 2. The molecule has 35 heavy (non-hydrogen) atoms. The van der Waals surface area contributed by atoms with Gasteiger partial charge in [0.1, 0.15) is 0 Å². The number of hydrogen-bond acceptors (Lipinski definition) is 4. The molecule has 4 aromatic carbocycles. The predicted molar refractivity (Wildman–Crippen MR) is 133 cm³/mol. The summed E-state index contributed by atoms with van der Waals surface area (Å²) in [5.74, 6) is -1.85. The summed E-state index contributed by atoms with van der Waals surface area (Å²) in [6, 6.07) is 27.3. The Balaban J connectivity index is 1.68. The molecule has 3 amide bonds. The second-order valence-corrected chi connectivity index (χ2v) is 8.14. The Labute approximate surface area is 201 Å². The zero-order valence-electron chi connectivity index (χ0n) is 18.8. The van der Waals surface area contributed by atoms with Crippen molar-refractivity contribution in [1.29, 1.82) is 0 Å². The van der Waals surface area contributed by atoms with Crippen LogP contribution in [0.25, 0.3) is 0 Å². The van der Waals surface area contributed by atoms with E-state index in [9.17, 15) is 19.2 Å². The van der Waals surface area contributed by atoms with E-state index in [1.807, 2.05) is 0 Å². The maximum absolute atomic E-state index is 13.5. The van der Waals surface area contributed by atoms with Gasteiger partial charge in [0, 0.05) is 16.7 Å². The van der Waals surface area contributed by atoms with Crippen molar-refractivity contribution in [2.45, 2.75) is 6.92 Å². The van der Waals surface area contributed by atoms with Crippen LogP contribution in [-0.4, -0.2) is 23.5 Å². The van der Waals surface area contributed by atoms with Crippen LogP contribution in [0, 0.1) is 6.92 Å². The van der Waals surface area contributed by atoms with Gasteiger partial charge in [0.05, 0.1) is 22.5 Å². The van der Waals surface area contributed by atoms with Gasteiger partial charge in [0.15, 0.2) is 5.78 Å². The van der Waals surface area contributed by atoms with E-state index in [4.69, 9.17) is 0 Å². The lowest BCUT2D eigenvalue weighted by molar-refractivity contribution is 0.0925. The van der Waals surface area contributed by atoms with Crippen molar-refractivity contribution in [2.75, 3.05) is 10.2 Å². The summed E-state index contributed by atoms with van der Waals surface area (Å²) in [7, 11) is 0. The minimum atomic E-state index is -0.554. The van der Waals surface area contributed by atoms with Crippen LogP contribution < -0.4 is 10.2 Å². The van der Waals surface area contributed by atoms with Crippen molar-refractivity contribution < 1.29 is 19.2 Å². The molecule has 1 aliphatic heterocycles. The molecule has 6 nitrogen and oxygen atoms in total. The molecule has 0 bridgehead atoms. The van der Waals surface area contributed by atoms with Gasteiger partial charge in [-0.1, -0.05) is 66.7 Å². The van der Waals surface area contributed by atoms with Crippen molar-refractivity contribution in [1.82, 2.24) is 0 Å². The first kappa shape index (κ1) is 22.0. The topological polar surface area (TPSA) is 83.6 Å². The Hall–Kier alpha value is -4.84. The van der Waals surface area contributed by atoms with Gasteiger partial charge >= 0.3 is 0 Å². The molecule has 6 heteroatoms. The lowest BCUT2D eigenvalue weighted by Crippen LogP contribution is -2.29.